The van der Waals surface area contributed by atoms with Gasteiger partial charge >= 0.3 is 0 Å². The first-order valence-electron chi connectivity index (χ1n) is 12.3. The fourth-order valence-corrected chi connectivity index (χ4v) is 4.99. The van der Waals surface area contributed by atoms with E-state index in [0.29, 0.717) is 48.5 Å². The van der Waals surface area contributed by atoms with E-state index < -0.39 is 31.0 Å². The molecule has 1 fully saturated rings. The van der Waals surface area contributed by atoms with Crippen molar-refractivity contribution in [2.45, 2.75) is 38.5 Å². The Balaban J connectivity index is 1.48. The Morgan fingerprint density at radius 2 is 2.03 bits per heavy atom. The number of nitrogens with zero attached hydrogens (tertiary/aromatic N) is 6. The zero-order chi connectivity index (χ0) is 27.0. The first-order chi connectivity index (χ1) is 18.3. The zero-order valence-electron chi connectivity index (χ0n) is 21.3. The van der Waals surface area contributed by atoms with Gasteiger partial charge < -0.3 is 19.4 Å². The number of piperidine rings is 1. The molecule has 0 bridgehead atoms. The lowest BCUT2D eigenvalue weighted by Crippen LogP contribution is -2.48. The van der Waals surface area contributed by atoms with E-state index in [-0.39, 0.29) is 29.5 Å². The van der Waals surface area contributed by atoms with Crippen molar-refractivity contribution >= 4 is 22.5 Å². The molecule has 4 heterocycles. The Kier molecular flexibility index (Phi) is 7.39. The summed E-state index contributed by atoms with van der Waals surface area (Å²) in [6.45, 7) is 3.25. The molecule has 38 heavy (non-hydrogen) atoms. The molecule has 0 aliphatic carbocycles. The summed E-state index contributed by atoms with van der Waals surface area (Å²) in [6.07, 6.45) is -2.00. The first-order valence-corrected chi connectivity index (χ1v) is 12.3. The van der Waals surface area contributed by atoms with E-state index in [9.17, 15) is 13.2 Å². The van der Waals surface area contributed by atoms with Gasteiger partial charge in [0.1, 0.15) is 17.5 Å². The second-order valence-electron chi connectivity index (χ2n) is 9.30. The second kappa shape index (κ2) is 10.7. The van der Waals surface area contributed by atoms with Gasteiger partial charge in [-0.15, -0.1) is 5.10 Å². The summed E-state index contributed by atoms with van der Waals surface area (Å²) in [5.41, 5.74) is 1.84. The smallest absolute Gasteiger partial charge is 0.256 e. The van der Waals surface area contributed by atoms with Gasteiger partial charge in [0.15, 0.2) is 5.82 Å². The van der Waals surface area contributed by atoms with Crippen molar-refractivity contribution in [3.63, 3.8) is 0 Å². The summed E-state index contributed by atoms with van der Waals surface area (Å²) in [6, 6.07) is 4.42. The van der Waals surface area contributed by atoms with Crippen LogP contribution in [0.5, 0.6) is 5.88 Å². The van der Waals surface area contributed by atoms with E-state index in [1.165, 1.54) is 22.4 Å². The molecule has 2 atom stereocenters. The van der Waals surface area contributed by atoms with Gasteiger partial charge in [-0.05, 0) is 31.0 Å². The number of likely N-dealkylation sites (tertiary alicyclic amines) is 1. The van der Waals surface area contributed by atoms with Crippen molar-refractivity contribution in [1.29, 1.82) is 0 Å². The van der Waals surface area contributed by atoms with Crippen LogP contribution in [0, 0.1) is 12.7 Å². The van der Waals surface area contributed by atoms with Crippen LogP contribution in [0.3, 0.4) is 0 Å². The van der Waals surface area contributed by atoms with Crippen molar-refractivity contribution in [3.05, 3.63) is 36.0 Å². The number of hydrogen-bond donors (Lipinski definition) is 1. The lowest BCUT2D eigenvalue weighted by molar-refractivity contribution is 0.0918. The van der Waals surface area contributed by atoms with Gasteiger partial charge in [0, 0.05) is 26.7 Å². The van der Waals surface area contributed by atoms with Crippen LogP contribution in [0.1, 0.15) is 12.2 Å². The van der Waals surface area contributed by atoms with Crippen LogP contribution >= 0.6 is 0 Å². The Bertz CT molecular complexity index is 1440. The number of imidazole rings is 1. The number of aryl methyl sites for hydroxylation is 1. The maximum Gasteiger partial charge on any atom is 0.256 e. The van der Waals surface area contributed by atoms with Crippen molar-refractivity contribution in [2.75, 3.05) is 45.8 Å². The Labute approximate surface area is 216 Å². The average Bonchev–Trinajstić information content (AvgIpc) is 3.38. The van der Waals surface area contributed by atoms with Crippen molar-refractivity contribution < 1.29 is 27.0 Å². The molecule has 1 aromatic carbocycles. The van der Waals surface area contributed by atoms with E-state index in [2.05, 4.69) is 20.4 Å². The lowest BCUT2D eigenvalue weighted by atomic mass is 10.0. The molecule has 0 radical (unpaired) electrons. The monoisotopic (exact) mass is 535 g/mol. The third kappa shape index (κ3) is 4.99. The Morgan fingerprint density at radius 3 is 2.74 bits per heavy atom. The predicted octanol–water partition coefficient (Wildman–Crippen LogP) is 3.94. The van der Waals surface area contributed by atoms with Crippen molar-refractivity contribution in [2.24, 2.45) is 0 Å². The maximum atomic E-state index is 15.3. The standard InChI is InChI=1S/C25H29F4N7O2/c1-14-30-19-5-4-15(10-20(19)35(14)13-21(28)29)22-17(27)12-36-23(22)24(38-3)32-25(33-36)31-18-6-7-34(8-9-37-2)11-16(18)26/h4-5,10,12,16,18,21H,6-9,11,13H2,1-3H3,(H,31,33)/t16-,18-/m1/s1. The predicted molar refractivity (Wildman–Crippen MR) is 134 cm³/mol. The van der Waals surface area contributed by atoms with E-state index in [1.54, 1.807) is 32.2 Å². The number of ether oxygens (including phenoxy) is 2. The summed E-state index contributed by atoms with van der Waals surface area (Å²) in [7, 11) is 3.01. The first kappa shape index (κ1) is 26.2. The van der Waals surface area contributed by atoms with Crippen LogP contribution < -0.4 is 10.1 Å². The molecule has 0 amide bonds. The Morgan fingerprint density at radius 1 is 1.21 bits per heavy atom. The molecule has 0 saturated carbocycles. The summed E-state index contributed by atoms with van der Waals surface area (Å²) < 4.78 is 69.8. The summed E-state index contributed by atoms with van der Waals surface area (Å²) in [4.78, 5) is 10.7. The van der Waals surface area contributed by atoms with Crippen LogP contribution in [-0.4, -0.2) is 88.1 Å². The van der Waals surface area contributed by atoms with Crippen LogP contribution in [0.15, 0.2) is 24.4 Å². The van der Waals surface area contributed by atoms with E-state index in [0.717, 1.165) is 0 Å². The van der Waals surface area contributed by atoms with Gasteiger partial charge in [0.05, 0.1) is 49.1 Å². The van der Waals surface area contributed by atoms with Crippen molar-refractivity contribution in [1.82, 2.24) is 29.0 Å². The van der Waals surface area contributed by atoms with Crippen LogP contribution in [0.2, 0.25) is 0 Å². The van der Waals surface area contributed by atoms with Gasteiger partial charge in [-0.25, -0.2) is 27.1 Å². The topological polar surface area (TPSA) is 81.7 Å². The fourth-order valence-electron chi connectivity index (χ4n) is 4.99. The third-order valence-corrected chi connectivity index (χ3v) is 6.85. The molecular weight excluding hydrogens is 506 g/mol. The SMILES string of the molecule is COCCN1CC[C@@H](Nc2nc(OC)c3c(-c4ccc5nc(C)n(CC(F)F)c5c4)c(F)cn3n2)[C@H](F)C1. The van der Waals surface area contributed by atoms with Crippen LogP contribution in [-0.2, 0) is 11.3 Å². The number of fused-ring (bicyclic) bond motifs is 2. The van der Waals surface area contributed by atoms with E-state index >= 15 is 4.39 Å². The van der Waals surface area contributed by atoms with Gasteiger partial charge in [0.25, 0.3) is 6.43 Å². The fraction of sp³-hybridized carbons (Fsp3) is 0.480. The van der Waals surface area contributed by atoms with Crippen LogP contribution in [0.4, 0.5) is 23.5 Å². The molecule has 9 nitrogen and oxygen atoms in total. The number of rotatable bonds is 9. The number of anilines is 1. The van der Waals surface area contributed by atoms with Gasteiger partial charge in [-0.2, -0.15) is 4.98 Å². The number of hydrogen-bond acceptors (Lipinski definition) is 7. The van der Waals surface area contributed by atoms with E-state index in [1.807, 2.05) is 4.90 Å². The molecule has 0 spiro atoms. The Hall–Kier alpha value is -3.45. The summed E-state index contributed by atoms with van der Waals surface area (Å²) in [5, 5.41) is 7.40. The maximum absolute atomic E-state index is 15.3. The molecular formula is C25H29F4N7O2. The summed E-state index contributed by atoms with van der Waals surface area (Å²) >= 11 is 0. The quantitative estimate of drug-likeness (QED) is 0.325. The largest absolute Gasteiger partial charge is 0.479 e. The number of methoxy groups -OCH3 is 2. The highest BCUT2D eigenvalue weighted by Crippen LogP contribution is 2.36. The molecule has 1 N–H and O–H groups in total. The molecule has 1 aliphatic heterocycles. The molecule has 1 aliphatic rings. The number of benzene rings is 1. The van der Waals surface area contributed by atoms with Crippen molar-refractivity contribution in [3.8, 4) is 17.0 Å². The average molecular weight is 536 g/mol. The molecule has 3 aromatic heterocycles. The summed E-state index contributed by atoms with van der Waals surface area (Å²) in [5.74, 6) is 0.0363. The minimum absolute atomic E-state index is 0.0895. The highest BCUT2D eigenvalue weighted by molar-refractivity contribution is 5.90. The van der Waals surface area contributed by atoms with Gasteiger partial charge in [-0.3, -0.25) is 4.90 Å². The molecule has 4 aromatic rings. The zero-order valence-corrected chi connectivity index (χ0v) is 21.3. The molecule has 5 rings (SSSR count). The highest BCUT2D eigenvalue weighted by Gasteiger charge is 2.30. The minimum atomic E-state index is -2.57. The van der Waals surface area contributed by atoms with Crippen LogP contribution in [0.25, 0.3) is 27.7 Å². The number of alkyl halides is 3. The van der Waals surface area contributed by atoms with Gasteiger partial charge in [-0.1, -0.05) is 6.07 Å². The number of halogens is 4. The van der Waals surface area contributed by atoms with E-state index in [4.69, 9.17) is 9.47 Å². The number of aromatic nitrogens is 5. The third-order valence-electron chi connectivity index (χ3n) is 6.85. The lowest BCUT2D eigenvalue weighted by Gasteiger charge is -2.34. The molecule has 204 valence electrons. The van der Waals surface area contributed by atoms with Gasteiger partial charge in [0.2, 0.25) is 11.8 Å². The normalized spacial score (nSPS) is 18.6. The molecule has 1 saturated heterocycles. The highest BCUT2D eigenvalue weighted by atomic mass is 19.3. The second-order valence-corrected chi connectivity index (χ2v) is 9.30. The number of nitrogens with one attached hydrogen (secondary N) is 1. The molecule has 0 unspecified atom stereocenters. The molecule has 13 heteroatoms. The minimum Gasteiger partial charge on any atom is -0.479 e.